The zero-order valence-corrected chi connectivity index (χ0v) is 25.6. The first-order valence-corrected chi connectivity index (χ1v) is 16.2. The molecule has 2 heterocycles. The Balaban J connectivity index is 1.09. The van der Waals surface area contributed by atoms with Crippen molar-refractivity contribution in [2.45, 2.75) is 18.8 Å². The Morgan fingerprint density at radius 1 is 0.622 bits per heavy atom. The molecule has 1 unspecified atom stereocenters. The van der Waals surface area contributed by atoms with Gasteiger partial charge in [-0.05, 0) is 106 Å². The van der Waals surface area contributed by atoms with Crippen LogP contribution in [0.15, 0.2) is 133 Å². The largest absolute Gasteiger partial charge is 0.309 e. The molecule has 0 saturated carbocycles. The average Bonchev–Trinajstić information content (AvgIpc) is 3.72. The van der Waals surface area contributed by atoms with Gasteiger partial charge in [0.15, 0.2) is 5.82 Å². The number of aromatic nitrogens is 3. The highest BCUT2D eigenvalue weighted by Gasteiger charge is 2.29. The van der Waals surface area contributed by atoms with Crippen molar-refractivity contribution < 1.29 is 0 Å². The molecule has 214 valence electrons. The van der Waals surface area contributed by atoms with Gasteiger partial charge in [-0.3, -0.25) is 0 Å². The number of hydrogen-bond donors (Lipinski definition) is 0. The smallest absolute Gasteiger partial charge is 0.153 e. The van der Waals surface area contributed by atoms with Crippen LogP contribution in [-0.4, -0.2) is 13.9 Å². The van der Waals surface area contributed by atoms with Gasteiger partial charge in [0.2, 0.25) is 0 Å². The van der Waals surface area contributed by atoms with Gasteiger partial charge in [0, 0.05) is 22.0 Å². The molecule has 3 nitrogen and oxygen atoms in total. The fourth-order valence-electron chi connectivity index (χ4n) is 6.83. The standard InChI is InChI=1S/C41H29N3S/c1-41(23-22-28-9-3-5-11-33(28)26-41)40-42-39(45-43-40)29-16-19-34(20-17-29)44-37-13-7-6-12-35(37)36-25-32(18-21-38(36)44)31-15-14-27-8-2-4-10-30(27)24-31/h2-22,24-26H,23H2,1H3. The molecule has 8 aromatic rings. The second-order valence-electron chi connectivity index (χ2n) is 12.2. The summed E-state index contributed by atoms with van der Waals surface area (Å²) < 4.78 is 7.21. The van der Waals surface area contributed by atoms with Crippen LogP contribution in [0.5, 0.6) is 0 Å². The highest BCUT2D eigenvalue weighted by molar-refractivity contribution is 7.09. The maximum atomic E-state index is 5.05. The molecule has 1 aliphatic carbocycles. The molecule has 6 aromatic carbocycles. The molecule has 0 amide bonds. The number of benzene rings is 6. The second kappa shape index (κ2) is 10.1. The molecule has 0 N–H and O–H groups in total. The lowest BCUT2D eigenvalue weighted by Crippen LogP contribution is -2.35. The van der Waals surface area contributed by atoms with Crippen LogP contribution in [0.4, 0.5) is 0 Å². The van der Waals surface area contributed by atoms with Gasteiger partial charge < -0.3 is 4.57 Å². The molecular formula is C41H29N3S. The third kappa shape index (κ3) is 4.33. The van der Waals surface area contributed by atoms with E-state index in [0.717, 1.165) is 28.5 Å². The summed E-state index contributed by atoms with van der Waals surface area (Å²) >= 11 is 1.48. The number of rotatable bonds is 4. The summed E-state index contributed by atoms with van der Waals surface area (Å²) in [5.74, 6) is 0.891. The Bertz CT molecular complexity index is 2540. The van der Waals surface area contributed by atoms with Crippen LogP contribution in [0.3, 0.4) is 0 Å². The van der Waals surface area contributed by atoms with E-state index in [1.54, 1.807) is 0 Å². The van der Waals surface area contributed by atoms with Crippen LogP contribution in [0.2, 0.25) is 0 Å². The minimum absolute atomic E-state index is 0.211. The van der Waals surface area contributed by atoms with Crippen LogP contribution in [0, 0.1) is 0 Å². The number of para-hydroxylation sites is 1. The van der Waals surface area contributed by atoms with Gasteiger partial charge in [0.05, 0.1) is 16.4 Å². The van der Waals surface area contributed by atoms with E-state index in [2.05, 4.69) is 157 Å². The predicted octanol–water partition coefficient (Wildman–Crippen LogP) is 9.04. The number of nitrogens with zero attached hydrogens (tertiary/aromatic N) is 3. The third-order valence-corrected chi connectivity index (χ3v) is 10.0. The number of hydrogen-bond acceptors (Lipinski definition) is 3. The lowest BCUT2D eigenvalue weighted by atomic mass is 9.81. The van der Waals surface area contributed by atoms with E-state index >= 15 is 0 Å². The molecule has 0 aliphatic heterocycles. The minimum atomic E-state index is -0.211. The van der Waals surface area contributed by atoms with E-state index < -0.39 is 0 Å². The van der Waals surface area contributed by atoms with Crippen molar-refractivity contribution in [3.8, 4) is 27.4 Å². The molecule has 45 heavy (non-hydrogen) atoms. The van der Waals surface area contributed by atoms with Gasteiger partial charge in [-0.1, -0.05) is 97.1 Å². The van der Waals surface area contributed by atoms with Gasteiger partial charge in [-0.2, -0.15) is 4.37 Å². The molecule has 0 fully saturated rings. The first-order valence-electron chi connectivity index (χ1n) is 15.4. The van der Waals surface area contributed by atoms with Gasteiger partial charge in [0.25, 0.3) is 0 Å². The Kier molecular flexibility index (Phi) is 5.87. The van der Waals surface area contributed by atoms with E-state index in [4.69, 9.17) is 9.36 Å². The summed E-state index contributed by atoms with van der Waals surface area (Å²) in [6.07, 6.45) is 5.53. The van der Waals surface area contributed by atoms with Gasteiger partial charge in [0.1, 0.15) is 5.01 Å². The molecule has 1 aliphatic rings. The second-order valence-corrected chi connectivity index (χ2v) is 13.0. The van der Waals surface area contributed by atoms with Crippen LogP contribution in [0.1, 0.15) is 19.2 Å². The molecule has 0 spiro atoms. The zero-order chi connectivity index (χ0) is 30.0. The highest BCUT2D eigenvalue weighted by atomic mass is 32.1. The zero-order valence-electron chi connectivity index (χ0n) is 24.8. The monoisotopic (exact) mass is 595 g/mol. The molecular weight excluding hydrogens is 567 g/mol. The first-order chi connectivity index (χ1) is 22.1. The Morgan fingerprint density at radius 3 is 2.20 bits per heavy atom. The fraction of sp³-hybridized carbons (Fsp3) is 0.0732. The van der Waals surface area contributed by atoms with Crippen molar-refractivity contribution in [1.82, 2.24) is 13.9 Å². The predicted molar refractivity (Wildman–Crippen MR) is 189 cm³/mol. The topological polar surface area (TPSA) is 30.7 Å². The third-order valence-electron chi connectivity index (χ3n) is 9.28. The quantitative estimate of drug-likeness (QED) is 0.203. The van der Waals surface area contributed by atoms with E-state index in [1.807, 2.05) is 0 Å². The summed E-state index contributed by atoms with van der Waals surface area (Å²) in [5.41, 5.74) is 6.86. The Labute approximate surface area is 265 Å². The lowest BCUT2D eigenvalue weighted by molar-refractivity contribution is 0.614. The summed E-state index contributed by atoms with van der Waals surface area (Å²) in [5, 5.41) is 8.52. The summed E-state index contributed by atoms with van der Waals surface area (Å²) in [6.45, 7) is 2.24. The van der Waals surface area contributed by atoms with E-state index in [1.165, 1.54) is 65.7 Å². The summed E-state index contributed by atoms with van der Waals surface area (Å²) in [4.78, 5) is 5.05. The molecule has 2 aromatic heterocycles. The van der Waals surface area contributed by atoms with Crippen molar-refractivity contribution in [2.75, 3.05) is 0 Å². The van der Waals surface area contributed by atoms with E-state index in [-0.39, 0.29) is 5.41 Å². The normalized spacial score (nSPS) is 16.0. The molecule has 4 heteroatoms. The van der Waals surface area contributed by atoms with Gasteiger partial charge in [-0.25, -0.2) is 4.98 Å². The van der Waals surface area contributed by atoms with Crippen LogP contribution < -0.4 is 10.4 Å². The fourth-order valence-corrected chi connectivity index (χ4v) is 7.62. The Hall–Kier alpha value is -5.32. The highest BCUT2D eigenvalue weighted by Crippen LogP contribution is 2.37. The lowest BCUT2D eigenvalue weighted by Gasteiger charge is -2.23. The van der Waals surface area contributed by atoms with Crippen LogP contribution in [-0.2, 0) is 5.41 Å². The van der Waals surface area contributed by atoms with Gasteiger partial charge >= 0.3 is 0 Å². The van der Waals surface area contributed by atoms with Crippen molar-refractivity contribution in [3.05, 3.63) is 150 Å². The molecule has 0 saturated heterocycles. The van der Waals surface area contributed by atoms with Crippen molar-refractivity contribution in [1.29, 1.82) is 0 Å². The number of fused-ring (bicyclic) bond motifs is 5. The minimum Gasteiger partial charge on any atom is -0.309 e. The van der Waals surface area contributed by atoms with E-state index in [0.29, 0.717) is 0 Å². The molecule has 1 atom stereocenters. The van der Waals surface area contributed by atoms with Crippen LogP contribution in [0.25, 0.3) is 72.1 Å². The average molecular weight is 596 g/mol. The SMILES string of the molecule is CC1(c2nsc(-c3ccc(-n4c5ccccc5c5cc(-c6ccc7ccccc7c6)ccc54)cc3)n2)C=c2ccccc2=CC1. The maximum Gasteiger partial charge on any atom is 0.153 e. The molecule has 0 radical (unpaired) electrons. The Morgan fingerprint density at radius 2 is 1.31 bits per heavy atom. The van der Waals surface area contributed by atoms with E-state index in [9.17, 15) is 0 Å². The summed E-state index contributed by atoms with van der Waals surface area (Å²) in [7, 11) is 0. The molecule has 0 bridgehead atoms. The first kappa shape index (κ1) is 26.1. The van der Waals surface area contributed by atoms with Crippen molar-refractivity contribution >= 4 is 56.3 Å². The van der Waals surface area contributed by atoms with Gasteiger partial charge in [-0.15, -0.1) is 0 Å². The van der Waals surface area contributed by atoms with Crippen molar-refractivity contribution in [2.24, 2.45) is 0 Å². The maximum absolute atomic E-state index is 5.05. The van der Waals surface area contributed by atoms with Crippen molar-refractivity contribution in [3.63, 3.8) is 0 Å². The van der Waals surface area contributed by atoms with Crippen LogP contribution >= 0.6 is 11.5 Å². The molecule has 9 rings (SSSR count). The summed E-state index contributed by atoms with van der Waals surface area (Å²) in [6, 6.07) is 48.1.